The molecule has 0 bridgehead atoms. The smallest absolute Gasteiger partial charge is 0.433 e. The fourth-order valence-corrected chi connectivity index (χ4v) is 2.07. The highest BCUT2D eigenvalue weighted by atomic mass is 19.4. The first kappa shape index (κ1) is 17.8. The van der Waals surface area contributed by atoms with E-state index in [4.69, 9.17) is 4.74 Å². The van der Waals surface area contributed by atoms with E-state index in [-0.39, 0.29) is 24.3 Å². The van der Waals surface area contributed by atoms with Crippen molar-refractivity contribution in [3.8, 4) is 5.75 Å². The number of halogens is 3. The largest absolute Gasteiger partial charge is 0.484 e. The molecule has 0 aliphatic carbocycles. The Hall–Kier alpha value is -2.57. The summed E-state index contributed by atoms with van der Waals surface area (Å²) in [7, 11) is 1.62. The minimum Gasteiger partial charge on any atom is -0.484 e. The van der Waals surface area contributed by atoms with Crippen LogP contribution in [0.3, 0.4) is 0 Å². The summed E-state index contributed by atoms with van der Waals surface area (Å²) in [5.41, 5.74) is -0.102. The molecular weight excluding hydrogens is 321 g/mol. The third-order valence-corrected chi connectivity index (χ3v) is 3.64. The number of aromatic nitrogens is 1. The summed E-state index contributed by atoms with van der Waals surface area (Å²) in [4.78, 5) is 16.9. The van der Waals surface area contributed by atoms with Gasteiger partial charge in [-0.05, 0) is 18.6 Å². The molecule has 0 radical (unpaired) electrons. The molecule has 128 valence electrons. The number of hydrogen-bond acceptors (Lipinski definition) is 3. The molecule has 24 heavy (non-hydrogen) atoms. The number of carbonyl (C=O) groups excluding carboxylic acids is 1. The van der Waals surface area contributed by atoms with Crippen LogP contribution in [-0.4, -0.2) is 29.4 Å². The molecule has 0 saturated carbocycles. The minimum absolute atomic E-state index is 0.0496. The molecule has 0 aliphatic rings. The van der Waals surface area contributed by atoms with Crippen molar-refractivity contribution in [2.24, 2.45) is 0 Å². The number of alkyl halides is 3. The highest BCUT2D eigenvalue weighted by Gasteiger charge is 2.32. The Kier molecular flexibility index (Phi) is 5.43. The number of rotatable bonds is 5. The minimum atomic E-state index is -4.55. The highest BCUT2D eigenvalue weighted by molar-refractivity contribution is 5.78. The van der Waals surface area contributed by atoms with Gasteiger partial charge in [0.1, 0.15) is 11.4 Å². The number of amides is 1. The van der Waals surface area contributed by atoms with Crippen molar-refractivity contribution >= 4 is 5.91 Å². The van der Waals surface area contributed by atoms with E-state index >= 15 is 0 Å². The second-order valence-electron chi connectivity index (χ2n) is 5.25. The van der Waals surface area contributed by atoms with E-state index in [0.29, 0.717) is 0 Å². The molecule has 1 aromatic carbocycles. The zero-order chi connectivity index (χ0) is 17.7. The molecule has 1 atom stereocenters. The van der Waals surface area contributed by atoms with Crippen LogP contribution in [0.1, 0.15) is 24.2 Å². The van der Waals surface area contributed by atoms with Crippen LogP contribution in [0, 0.1) is 0 Å². The Balaban J connectivity index is 1.98. The van der Waals surface area contributed by atoms with Crippen molar-refractivity contribution in [3.63, 3.8) is 0 Å². The number of ether oxygens (including phenoxy) is 1. The zero-order valence-electron chi connectivity index (χ0n) is 13.2. The first-order valence-electron chi connectivity index (χ1n) is 7.25. The Labute approximate surface area is 137 Å². The predicted octanol–water partition coefficient (Wildman–Crippen LogP) is 3.70. The van der Waals surface area contributed by atoms with E-state index in [9.17, 15) is 18.0 Å². The lowest BCUT2D eigenvalue weighted by Gasteiger charge is -2.25. The van der Waals surface area contributed by atoms with Gasteiger partial charge in [0.2, 0.25) is 0 Å². The average molecular weight is 338 g/mol. The molecule has 1 unspecified atom stereocenters. The lowest BCUT2D eigenvalue weighted by Crippen LogP contribution is -2.33. The third kappa shape index (κ3) is 4.47. The molecule has 0 N–H and O–H groups in total. The summed E-state index contributed by atoms with van der Waals surface area (Å²) < 4.78 is 43.0. The van der Waals surface area contributed by atoms with E-state index in [0.717, 1.165) is 17.8 Å². The van der Waals surface area contributed by atoms with E-state index < -0.39 is 11.9 Å². The van der Waals surface area contributed by atoms with Gasteiger partial charge in [0.25, 0.3) is 5.91 Å². The summed E-state index contributed by atoms with van der Waals surface area (Å²) >= 11 is 0. The molecule has 7 heteroatoms. The second kappa shape index (κ2) is 7.33. The van der Waals surface area contributed by atoms with E-state index in [1.54, 1.807) is 7.05 Å². The Morgan fingerprint density at radius 2 is 1.92 bits per heavy atom. The van der Waals surface area contributed by atoms with Crippen LogP contribution < -0.4 is 4.74 Å². The SMILES string of the molecule is CC(c1ccccc1)N(C)C(=O)COc1ccnc(C(F)(F)F)c1. The first-order chi connectivity index (χ1) is 11.3. The van der Waals surface area contributed by atoms with Gasteiger partial charge in [0.15, 0.2) is 6.61 Å². The monoisotopic (exact) mass is 338 g/mol. The number of pyridine rings is 1. The van der Waals surface area contributed by atoms with Gasteiger partial charge in [-0.25, -0.2) is 0 Å². The summed E-state index contributed by atoms with van der Waals surface area (Å²) in [5.74, 6) is -0.386. The standard InChI is InChI=1S/C17H17F3N2O2/c1-12(13-6-4-3-5-7-13)22(2)16(23)11-24-14-8-9-21-15(10-14)17(18,19)20/h3-10,12H,11H2,1-2H3. The fourth-order valence-electron chi connectivity index (χ4n) is 2.07. The number of hydrogen-bond donors (Lipinski definition) is 0. The van der Waals surface area contributed by atoms with Crippen molar-refractivity contribution < 1.29 is 22.7 Å². The molecule has 0 aliphatic heterocycles. The first-order valence-corrected chi connectivity index (χ1v) is 7.25. The molecule has 2 rings (SSSR count). The van der Waals surface area contributed by atoms with E-state index in [1.165, 1.54) is 11.0 Å². The van der Waals surface area contributed by atoms with Crippen LogP contribution in [0.15, 0.2) is 48.7 Å². The topological polar surface area (TPSA) is 42.4 Å². The van der Waals surface area contributed by atoms with Gasteiger partial charge in [-0.3, -0.25) is 9.78 Å². The highest BCUT2D eigenvalue weighted by Crippen LogP contribution is 2.29. The average Bonchev–Trinajstić information content (AvgIpc) is 2.58. The van der Waals surface area contributed by atoms with Crippen LogP contribution in [-0.2, 0) is 11.0 Å². The second-order valence-corrected chi connectivity index (χ2v) is 5.25. The van der Waals surface area contributed by atoms with Crippen molar-refractivity contribution in [3.05, 3.63) is 59.9 Å². The van der Waals surface area contributed by atoms with E-state index in [2.05, 4.69) is 4.98 Å². The normalized spacial score (nSPS) is 12.5. The fraction of sp³-hybridized carbons (Fsp3) is 0.294. The van der Waals surface area contributed by atoms with E-state index in [1.807, 2.05) is 37.3 Å². The van der Waals surface area contributed by atoms with Gasteiger partial charge in [-0.2, -0.15) is 13.2 Å². The maximum absolute atomic E-state index is 12.6. The molecule has 0 spiro atoms. The molecule has 4 nitrogen and oxygen atoms in total. The predicted molar refractivity (Wildman–Crippen MR) is 82.4 cm³/mol. The summed E-state index contributed by atoms with van der Waals surface area (Å²) in [5, 5.41) is 0. The van der Waals surface area contributed by atoms with Gasteiger partial charge in [-0.1, -0.05) is 30.3 Å². The van der Waals surface area contributed by atoms with Crippen LogP contribution in [0.5, 0.6) is 5.75 Å². The van der Waals surface area contributed by atoms with Crippen molar-refractivity contribution in [1.29, 1.82) is 0 Å². The maximum atomic E-state index is 12.6. The van der Waals surface area contributed by atoms with Crippen LogP contribution in [0.2, 0.25) is 0 Å². The molecule has 1 heterocycles. The molecule has 0 fully saturated rings. The lowest BCUT2D eigenvalue weighted by molar-refractivity contribution is -0.141. The third-order valence-electron chi connectivity index (χ3n) is 3.64. The molecule has 2 aromatic rings. The van der Waals surface area contributed by atoms with Gasteiger partial charge in [0.05, 0.1) is 6.04 Å². The lowest BCUT2D eigenvalue weighted by atomic mass is 10.1. The Bertz CT molecular complexity index is 690. The molecule has 1 aromatic heterocycles. The molecule has 1 amide bonds. The summed E-state index contributed by atoms with van der Waals surface area (Å²) in [6, 6.07) is 11.3. The Morgan fingerprint density at radius 3 is 2.54 bits per heavy atom. The van der Waals surface area contributed by atoms with Crippen molar-refractivity contribution in [2.45, 2.75) is 19.1 Å². The molecular formula is C17H17F3N2O2. The maximum Gasteiger partial charge on any atom is 0.433 e. The van der Waals surface area contributed by atoms with Gasteiger partial charge >= 0.3 is 6.18 Å². The quantitative estimate of drug-likeness (QED) is 0.835. The van der Waals surface area contributed by atoms with Gasteiger partial charge < -0.3 is 9.64 Å². The molecule has 0 saturated heterocycles. The number of likely N-dealkylation sites (N-methyl/N-ethyl adjacent to an activating group) is 1. The number of carbonyl (C=O) groups is 1. The van der Waals surface area contributed by atoms with Crippen LogP contribution in [0.4, 0.5) is 13.2 Å². The zero-order valence-corrected chi connectivity index (χ0v) is 13.2. The van der Waals surface area contributed by atoms with Gasteiger partial charge in [-0.15, -0.1) is 0 Å². The van der Waals surface area contributed by atoms with Crippen molar-refractivity contribution in [1.82, 2.24) is 9.88 Å². The Morgan fingerprint density at radius 1 is 1.25 bits per heavy atom. The van der Waals surface area contributed by atoms with Crippen LogP contribution >= 0.6 is 0 Å². The van der Waals surface area contributed by atoms with Crippen molar-refractivity contribution in [2.75, 3.05) is 13.7 Å². The summed E-state index contributed by atoms with van der Waals surface area (Å²) in [6.07, 6.45) is -3.55. The van der Waals surface area contributed by atoms with Gasteiger partial charge in [0, 0.05) is 19.3 Å². The number of benzene rings is 1. The summed E-state index contributed by atoms with van der Waals surface area (Å²) in [6.45, 7) is 1.51. The number of nitrogens with zero attached hydrogens (tertiary/aromatic N) is 2. The van der Waals surface area contributed by atoms with Crippen LogP contribution in [0.25, 0.3) is 0 Å².